The van der Waals surface area contributed by atoms with Gasteiger partial charge in [-0.15, -0.1) is 0 Å². The number of para-hydroxylation sites is 1. The SMILES string of the molecule is CC[C@H](O)c1ccccc1N1CCC(C)(C)CC1. The first-order valence-electron chi connectivity index (χ1n) is 7.05. The molecule has 0 bridgehead atoms. The topological polar surface area (TPSA) is 23.5 Å². The van der Waals surface area contributed by atoms with Crippen molar-refractivity contribution in [3.05, 3.63) is 29.8 Å². The van der Waals surface area contributed by atoms with Crippen LogP contribution in [0, 0.1) is 5.41 Å². The monoisotopic (exact) mass is 247 g/mol. The fourth-order valence-electron chi connectivity index (χ4n) is 2.63. The maximum atomic E-state index is 10.1. The lowest BCUT2D eigenvalue weighted by atomic mass is 9.82. The number of anilines is 1. The quantitative estimate of drug-likeness (QED) is 0.879. The Balaban J connectivity index is 2.19. The van der Waals surface area contributed by atoms with Crippen LogP contribution in [0.1, 0.15) is 51.7 Å². The van der Waals surface area contributed by atoms with Gasteiger partial charge in [0.05, 0.1) is 6.10 Å². The van der Waals surface area contributed by atoms with Crippen molar-refractivity contribution >= 4 is 5.69 Å². The molecular weight excluding hydrogens is 222 g/mol. The van der Waals surface area contributed by atoms with Gasteiger partial charge >= 0.3 is 0 Å². The Kier molecular flexibility index (Phi) is 3.96. The first-order valence-corrected chi connectivity index (χ1v) is 7.05. The van der Waals surface area contributed by atoms with Crippen LogP contribution in [0.4, 0.5) is 5.69 Å². The van der Waals surface area contributed by atoms with Crippen LogP contribution in [-0.2, 0) is 0 Å². The van der Waals surface area contributed by atoms with E-state index in [4.69, 9.17) is 0 Å². The molecule has 1 aromatic carbocycles. The first kappa shape index (κ1) is 13.4. The van der Waals surface area contributed by atoms with E-state index in [2.05, 4.69) is 36.9 Å². The highest BCUT2D eigenvalue weighted by molar-refractivity contribution is 5.55. The zero-order valence-electron chi connectivity index (χ0n) is 11.8. The zero-order chi connectivity index (χ0) is 13.2. The number of piperidine rings is 1. The van der Waals surface area contributed by atoms with E-state index in [-0.39, 0.29) is 6.10 Å². The molecule has 2 heteroatoms. The molecule has 100 valence electrons. The van der Waals surface area contributed by atoms with Gasteiger partial charge in [-0.1, -0.05) is 39.0 Å². The minimum atomic E-state index is -0.337. The Labute approximate surface area is 111 Å². The molecule has 1 aromatic rings. The Morgan fingerprint density at radius 1 is 1.22 bits per heavy atom. The molecule has 1 aliphatic heterocycles. The Hall–Kier alpha value is -1.02. The lowest BCUT2D eigenvalue weighted by Crippen LogP contribution is -2.37. The van der Waals surface area contributed by atoms with Gasteiger partial charge in [-0.25, -0.2) is 0 Å². The molecule has 1 aliphatic rings. The summed E-state index contributed by atoms with van der Waals surface area (Å²) in [6, 6.07) is 8.29. The number of rotatable bonds is 3. The van der Waals surface area contributed by atoms with Crippen LogP contribution in [0.25, 0.3) is 0 Å². The van der Waals surface area contributed by atoms with Gasteiger partial charge in [-0.2, -0.15) is 0 Å². The fraction of sp³-hybridized carbons (Fsp3) is 0.625. The second-order valence-electron chi connectivity index (χ2n) is 6.13. The van der Waals surface area contributed by atoms with Gasteiger partial charge in [0.25, 0.3) is 0 Å². The Morgan fingerprint density at radius 3 is 2.44 bits per heavy atom. The largest absolute Gasteiger partial charge is 0.388 e. The van der Waals surface area contributed by atoms with E-state index in [1.165, 1.54) is 18.5 Å². The highest BCUT2D eigenvalue weighted by atomic mass is 16.3. The van der Waals surface area contributed by atoms with Gasteiger partial charge in [-0.3, -0.25) is 0 Å². The molecule has 0 aromatic heterocycles. The van der Waals surface area contributed by atoms with Crippen molar-refractivity contribution in [2.75, 3.05) is 18.0 Å². The van der Waals surface area contributed by atoms with Crippen molar-refractivity contribution in [2.45, 2.75) is 46.1 Å². The van der Waals surface area contributed by atoms with Crippen LogP contribution in [0.5, 0.6) is 0 Å². The lowest BCUT2D eigenvalue weighted by Gasteiger charge is -2.39. The number of nitrogens with zero attached hydrogens (tertiary/aromatic N) is 1. The van der Waals surface area contributed by atoms with E-state index < -0.39 is 0 Å². The first-order chi connectivity index (χ1) is 8.53. The molecule has 1 N–H and O–H groups in total. The second-order valence-corrected chi connectivity index (χ2v) is 6.13. The predicted octanol–water partition coefficient (Wildman–Crippen LogP) is 3.76. The van der Waals surface area contributed by atoms with Crippen molar-refractivity contribution in [1.29, 1.82) is 0 Å². The highest BCUT2D eigenvalue weighted by Crippen LogP contribution is 2.35. The average molecular weight is 247 g/mol. The third-order valence-corrected chi connectivity index (χ3v) is 4.14. The third kappa shape index (κ3) is 2.86. The van der Waals surface area contributed by atoms with Gasteiger partial charge in [0.2, 0.25) is 0 Å². The molecule has 0 spiro atoms. The lowest BCUT2D eigenvalue weighted by molar-refractivity contribution is 0.173. The number of hydrogen-bond acceptors (Lipinski definition) is 2. The molecule has 2 rings (SSSR count). The van der Waals surface area contributed by atoms with Crippen LogP contribution in [0.2, 0.25) is 0 Å². The highest BCUT2D eigenvalue weighted by Gasteiger charge is 2.26. The van der Waals surface area contributed by atoms with Gasteiger partial charge in [0, 0.05) is 24.3 Å². The molecule has 0 radical (unpaired) electrons. The molecule has 1 saturated heterocycles. The van der Waals surface area contributed by atoms with E-state index in [1.807, 2.05) is 13.0 Å². The van der Waals surface area contributed by atoms with Gasteiger partial charge < -0.3 is 10.0 Å². The van der Waals surface area contributed by atoms with Gasteiger partial charge in [0.1, 0.15) is 0 Å². The van der Waals surface area contributed by atoms with Crippen LogP contribution in [-0.4, -0.2) is 18.2 Å². The predicted molar refractivity (Wildman–Crippen MR) is 76.9 cm³/mol. The Morgan fingerprint density at radius 2 is 1.83 bits per heavy atom. The van der Waals surface area contributed by atoms with Crippen LogP contribution < -0.4 is 4.90 Å². The van der Waals surface area contributed by atoms with Crippen molar-refractivity contribution in [3.8, 4) is 0 Å². The summed E-state index contributed by atoms with van der Waals surface area (Å²) in [4.78, 5) is 2.43. The minimum Gasteiger partial charge on any atom is -0.388 e. The number of hydrogen-bond donors (Lipinski definition) is 1. The third-order valence-electron chi connectivity index (χ3n) is 4.14. The maximum absolute atomic E-state index is 10.1. The van der Waals surface area contributed by atoms with Crippen molar-refractivity contribution < 1.29 is 5.11 Å². The summed E-state index contributed by atoms with van der Waals surface area (Å²) in [5.41, 5.74) is 2.77. The van der Waals surface area contributed by atoms with E-state index in [9.17, 15) is 5.11 Å². The number of benzene rings is 1. The van der Waals surface area contributed by atoms with Crippen LogP contribution >= 0.6 is 0 Å². The van der Waals surface area contributed by atoms with Gasteiger partial charge in [0.15, 0.2) is 0 Å². The summed E-state index contributed by atoms with van der Waals surface area (Å²) < 4.78 is 0. The van der Waals surface area contributed by atoms with E-state index in [0.29, 0.717) is 5.41 Å². The van der Waals surface area contributed by atoms with Gasteiger partial charge in [-0.05, 0) is 30.7 Å². The second kappa shape index (κ2) is 5.31. The maximum Gasteiger partial charge on any atom is 0.0807 e. The summed E-state index contributed by atoms with van der Waals surface area (Å²) >= 11 is 0. The molecule has 0 saturated carbocycles. The van der Waals surface area contributed by atoms with E-state index in [1.54, 1.807) is 0 Å². The molecule has 0 amide bonds. The fourth-order valence-corrected chi connectivity index (χ4v) is 2.63. The minimum absolute atomic E-state index is 0.337. The molecule has 1 atom stereocenters. The Bertz CT molecular complexity index is 390. The molecule has 0 unspecified atom stereocenters. The average Bonchev–Trinajstić information content (AvgIpc) is 2.38. The van der Waals surface area contributed by atoms with Crippen molar-refractivity contribution in [2.24, 2.45) is 5.41 Å². The summed E-state index contributed by atoms with van der Waals surface area (Å²) in [5.74, 6) is 0. The summed E-state index contributed by atoms with van der Waals surface area (Å²) in [7, 11) is 0. The smallest absolute Gasteiger partial charge is 0.0807 e. The van der Waals surface area contributed by atoms with E-state index >= 15 is 0 Å². The number of aliphatic hydroxyl groups excluding tert-OH is 1. The molecule has 0 aliphatic carbocycles. The van der Waals surface area contributed by atoms with Crippen LogP contribution in [0.3, 0.4) is 0 Å². The molecule has 1 heterocycles. The molecule has 18 heavy (non-hydrogen) atoms. The number of aliphatic hydroxyl groups is 1. The molecular formula is C16H25NO. The van der Waals surface area contributed by atoms with E-state index in [0.717, 1.165) is 25.1 Å². The molecule has 2 nitrogen and oxygen atoms in total. The normalized spacial score (nSPS) is 20.8. The summed E-state index contributed by atoms with van der Waals surface area (Å²) in [6.45, 7) is 8.91. The van der Waals surface area contributed by atoms with Crippen molar-refractivity contribution in [3.63, 3.8) is 0 Å². The summed E-state index contributed by atoms with van der Waals surface area (Å²) in [5, 5.41) is 10.1. The van der Waals surface area contributed by atoms with Crippen LogP contribution in [0.15, 0.2) is 24.3 Å². The standard InChI is InChI=1S/C16H25NO/c1-4-15(18)13-7-5-6-8-14(13)17-11-9-16(2,3)10-12-17/h5-8,15,18H,4,9-12H2,1-3H3/t15-/m0/s1. The molecule has 1 fully saturated rings. The van der Waals surface area contributed by atoms with Crippen molar-refractivity contribution in [1.82, 2.24) is 0 Å². The summed E-state index contributed by atoms with van der Waals surface area (Å²) in [6.07, 6.45) is 2.89. The zero-order valence-corrected chi connectivity index (χ0v) is 11.8.